The molecule has 0 N–H and O–H groups in total. The van der Waals surface area contributed by atoms with Crippen LogP contribution in [0.2, 0.25) is 0 Å². The summed E-state index contributed by atoms with van der Waals surface area (Å²) in [4.78, 5) is 12.7. The first-order chi connectivity index (χ1) is 16.5. The van der Waals surface area contributed by atoms with Crippen LogP contribution in [-0.4, -0.2) is 5.97 Å². The lowest BCUT2D eigenvalue weighted by molar-refractivity contribution is -0.140. The van der Waals surface area contributed by atoms with Crippen molar-refractivity contribution in [3.63, 3.8) is 0 Å². The maximum atomic E-state index is 14.2. The van der Waals surface area contributed by atoms with Crippen LogP contribution in [0.4, 0.5) is 4.39 Å². The summed E-state index contributed by atoms with van der Waals surface area (Å²) in [6, 6.07) is 15.8. The van der Waals surface area contributed by atoms with E-state index in [1.165, 1.54) is 43.7 Å². The minimum Gasteiger partial charge on any atom is -0.426 e. The molecule has 0 bridgehead atoms. The molecule has 0 amide bonds. The van der Waals surface area contributed by atoms with Crippen molar-refractivity contribution in [1.29, 1.82) is 0 Å². The normalized spacial score (nSPS) is 26.1. The lowest BCUT2D eigenvalue weighted by Gasteiger charge is -2.38. The van der Waals surface area contributed by atoms with E-state index in [1.54, 1.807) is 12.1 Å². The van der Waals surface area contributed by atoms with Crippen molar-refractivity contribution in [3.05, 3.63) is 65.5 Å². The van der Waals surface area contributed by atoms with E-state index in [9.17, 15) is 9.18 Å². The summed E-state index contributed by atoms with van der Waals surface area (Å²) >= 11 is 0. The van der Waals surface area contributed by atoms with Crippen LogP contribution in [0, 0.1) is 29.5 Å². The van der Waals surface area contributed by atoms with Crippen molar-refractivity contribution in [1.82, 2.24) is 0 Å². The SMILES string of the molecule is CCCc1ccc(OC(=O)C2CCC(C3CCC(C[C@@H](C)c4ccccc4)CC3)CC2)cc1F. The molecular formula is C31H41FO2. The van der Waals surface area contributed by atoms with Crippen LogP contribution in [-0.2, 0) is 11.2 Å². The molecule has 184 valence electrons. The van der Waals surface area contributed by atoms with Gasteiger partial charge in [-0.05, 0) is 92.2 Å². The molecule has 0 unspecified atom stereocenters. The number of benzene rings is 2. The molecule has 2 fully saturated rings. The Labute approximate surface area is 205 Å². The third-order valence-corrected chi connectivity index (χ3v) is 8.48. The predicted octanol–water partition coefficient (Wildman–Crippen LogP) is 8.49. The smallest absolute Gasteiger partial charge is 0.314 e. The second-order valence-electron chi connectivity index (χ2n) is 10.9. The highest BCUT2D eigenvalue weighted by Gasteiger charge is 2.34. The maximum absolute atomic E-state index is 14.2. The van der Waals surface area contributed by atoms with Gasteiger partial charge in [0.2, 0.25) is 0 Å². The monoisotopic (exact) mass is 464 g/mol. The van der Waals surface area contributed by atoms with Gasteiger partial charge < -0.3 is 4.74 Å². The van der Waals surface area contributed by atoms with Crippen molar-refractivity contribution in [2.45, 2.75) is 90.4 Å². The molecule has 0 saturated heterocycles. The van der Waals surface area contributed by atoms with Crippen molar-refractivity contribution in [2.75, 3.05) is 0 Å². The minimum atomic E-state index is -0.273. The molecule has 0 radical (unpaired) electrons. The highest BCUT2D eigenvalue weighted by atomic mass is 19.1. The number of carbonyl (C=O) groups is 1. The Balaban J connectivity index is 1.19. The number of hydrogen-bond donors (Lipinski definition) is 0. The summed E-state index contributed by atoms with van der Waals surface area (Å²) in [5.74, 6) is 2.90. The van der Waals surface area contributed by atoms with Crippen LogP contribution in [0.3, 0.4) is 0 Å². The molecule has 2 aliphatic carbocycles. The summed E-state index contributed by atoms with van der Waals surface area (Å²) in [7, 11) is 0. The van der Waals surface area contributed by atoms with Crippen molar-refractivity contribution in [2.24, 2.45) is 23.7 Å². The summed E-state index contributed by atoms with van der Waals surface area (Å²) < 4.78 is 19.7. The second-order valence-corrected chi connectivity index (χ2v) is 10.9. The van der Waals surface area contributed by atoms with E-state index in [-0.39, 0.29) is 17.7 Å². The van der Waals surface area contributed by atoms with Gasteiger partial charge in [0.25, 0.3) is 0 Å². The van der Waals surface area contributed by atoms with Gasteiger partial charge in [0, 0.05) is 6.07 Å². The number of hydrogen-bond acceptors (Lipinski definition) is 2. The molecule has 34 heavy (non-hydrogen) atoms. The molecule has 1 atom stereocenters. The van der Waals surface area contributed by atoms with Crippen molar-refractivity contribution in [3.8, 4) is 5.75 Å². The Morgan fingerprint density at radius 3 is 2.21 bits per heavy atom. The Kier molecular flexibility index (Phi) is 8.80. The zero-order chi connectivity index (χ0) is 23.9. The number of esters is 1. The molecule has 2 nitrogen and oxygen atoms in total. The average Bonchev–Trinajstić information content (AvgIpc) is 2.87. The van der Waals surface area contributed by atoms with E-state index in [1.807, 2.05) is 6.92 Å². The van der Waals surface area contributed by atoms with E-state index < -0.39 is 0 Å². The Morgan fingerprint density at radius 2 is 1.59 bits per heavy atom. The summed E-state index contributed by atoms with van der Waals surface area (Å²) in [5, 5.41) is 0. The molecule has 2 aromatic rings. The first kappa shape index (κ1) is 24.9. The zero-order valence-electron chi connectivity index (χ0n) is 21.0. The van der Waals surface area contributed by atoms with Gasteiger partial charge in [-0.25, -0.2) is 4.39 Å². The van der Waals surface area contributed by atoms with Gasteiger partial charge in [-0.1, -0.05) is 69.5 Å². The fraction of sp³-hybridized carbons (Fsp3) is 0.581. The maximum Gasteiger partial charge on any atom is 0.314 e. The fourth-order valence-electron chi connectivity index (χ4n) is 6.40. The van der Waals surface area contributed by atoms with Gasteiger partial charge in [-0.15, -0.1) is 0 Å². The van der Waals surface area contributed by atoms with E-state index in [0.717, 1.165) is 49.9 Å². The molecular weight excluding hydrogens is 423 g/mol. The van der Waals surface area contributed by atoms with Crippen molar-refractivity contribution < 1.29 is 13.9 Å². The Morgan fingerprint density at radius 1 is 0.941 bits per heavy atom. The molecule has 4 rings (SSSR count). The average molecular weight is 465 g/mol. The Bertz CT molecular complexity index is 908. The van der Waals surface area contributed by atoms with E-state index in [0.29, 0.717) is 23.7 Å². The number of halogens is 1. The van der Waals surface area contributed by atoms with Gasteiger partial charge in [0.05, 0.1) is 5.92 Å². The molecule has 2 saturated carbocycles. The minimum absolute atomic E-state index is 0.0438. The fourth-order valence-corrected chi connectivity index (χ4v) is 6.40. The van der Waals surface area contributed by atoms with Crippen LogP contribution >= 0.6 is 0 Å². The van der Waals surface area contributed by atoms with Crippen LogP contribution in [0.5, 0.6) is 5.75 Å². The predicted molar refractivity (Wildman–Crippen MR) is 136 cm³/mol. The highest BCUT2D eigenvalue weighted by Crippen LogP contribution is 2.43. The largest absolute Gasteiger partial charge is 0.426 e. The first-order valence-corrected chi connectivity index (χ1v) is 13.6. The summed E-state index contributed by atoms with van der Waals surface area (Å²) in [5.41, 5.74) is 2.15. The van der Waals surface area contributed by atoms with Crippen LogP contribution in [0.1, 0.15) is 95.1 Å². The highest BCUT2D eigenvalue weighted by molar-refractivity contribution is 5.75. The third kappa shape index (κ3) is 6.49. The molecule has 2 aliphatic rings. The quantitative estimate of drug-likeness (QED) is 0.289. The molecule has 0 aromatic heterocycles. The van der Waals surface area contributed by atoms with E-state index in [2.05, 4.69) is 37.3 Å². The van der Waals surface area contributed by atoms with Gasteiger partial charge in [-0.3, -0.25) is 4.79 Å². The van der Waals surface area contributed by atoms with Crippen LogP contribution in [0.15, 0.2) is 48.5 Å². The third-order valence-electron chi connectivity index (χ3n) is 8.48. The van der Waals surface area contributed by atoms with Crippen molar-refractivity contribution >= 4 is 5.97 Å². The van der Waals surface area contributed by atoms with E-state index >= 15 is 0 Å². The lowest BCUT2D eigenvalue weighted by atomic mass is 9.68. The number of carbonyl (C=O) groups excluding carboxylic acids is 1. The second kappa shape index (κ2) is 12.0. The van der Waals surface area contributed by atoms with E-state index in [4.69, 9.17) is 4.74 Å². The van der Waals surface area contributed by atoms with Crippen LogP contribution in [0.25, 0.3) is 0 Å². The number of rotatable bonds is 8. The molecule has 0 spiro atoms. The lowest BCUT2D eigenvalue weighted by Crippen LogP contribution is -2.30. The standard InChI is InChI=1S/C31H41FO2/c1-3-7-27-18-19-29(21-30(27)32)34-31(33)28-16-14-26(15-17-28)25-12-10-23(11-13-25)20-22(2)24-8-5-4-6-9-24/h4-6,8-9,18-19,21-23,25-26,28H,3,7,10-17,20H2,1-2H3/t22-,23?,25?,26?,28?/m1/s1. The van der Waals surface area contributed by atoms with Crippen LogP contribution < -0.4 is 4.74 Å². The molecule has 2 aromatic carbocycles. The van der Waals surface area contributed by atoms with Gasteiger partial charge in [0.15, 0.2) is 0 Å². The zero-order valence-corrected chi connectivity index (χ0v) is 21.0. The topological polar surface area (TPSA) is 26.3 Å². The first-order valence-electron chi connectivity index (χ1n) is 13.6. The molecule has 0 heterocycles. The van der Waals surface area contributed by atoms with Gasteiger partial charge in [-0.2, -0.15) is 0 Å². The van der Waals surface area contributed by atoms with Gasteiger partial charge in [0.1, 0.15) is 11.6 Å². The summed E-state index contributed by atoms with van der Waals surface area (Å²) in [6.45, 7) is 4.40. The number of ether oxygens (including phenoxy) is 1. The summed E-state index contributed by atoms with van der Waals surface area (Å²) in [6.07, 6.45) is 12.4. The number of aryl methyl sites for hydroxylation is 1. The molecule has 3 heteroatoms. The Hall–Kier alpha value is -2.16. The van der Waals surface area contributed by atoms with Gasteiger partial charge >= 0.3 is 5.97 Å². The molecule has 0 aliphatic heterocycles.